The quantitative estimate of drug-likeness (QED) is 0.902. The number of halogens is 3. The smallest absolute Gasteiger partial charge is 0.367 e. The maximum atomic E-state index is 12.7. The summed E-state index contributed by atoms with van der Waals surface area (Å²) in [5.74, 6) is 0.236. The first-order chi connectivity index (χ1) is 12.5. The first-order valence-corrected chi connectivity index (χ1v) is 8.91. The molecule has 2 aromatic rings. The van der Waals surface area contributed by atoms with Crippen LogP contribution in [0.4, 0.5) is 19.0 Å². The summed E-state index contributed by atoms with van der Waals surface area (Å²) in [6, 6.07) is 1.10. The Kier molecular flexibility index (Phi) is 4.56. The van der Waals surface area contributed by atoms with Crippen LogP contribution in [0.5, 0.6) is 0 Å². The van der Waals surface area contributed by atoms with Crippen LogP contribution < -0.4 is 5.32 Å². The molecule has 0 spiro atoms. The number of aromatic nitrogens is 4. The Labute approximate surface area is 149 Å². The molecule has 6 nitrogen and oxygen atoms in total. The van der Waals surface area contributed by atoms with Gasteiger partial charge in [-0.15, -0.1) is 0 Å². The lowest BCUT2D eigenvalue weighted by Crippen LogP contribution is -2.39. The van der Waals surface area contributed by atoms with Crippen LogP contribution in [-0.4, -0.2) is 43.8 Å². The molecule has 2 aliphatic rings. The summed E-state index contributed by atoms with van der Waals surface area (Å²) in [4.78, 5) is 9.60. The van der Waals surface area contributed by atoms with E-state index < -0.39 is 11.9 Å². The van der Waals surface area contributed by atoms with E-state index >= 15 is 0 Å². The summed E-state index contributed by atoms with van der Waals surface area (Å²) >= 11 is 0. The lowest BCUT2D eigenvalue weighted by Gasteiger charge is -2.32. The highest BCUT2D eigenvalue weighted by Gasteiger charge is 2.33. The summed E-state index contributed by atoms with van der Waals surface area (Å²) < 4.78 is 40.3. The third kappa shape index (κ3) is 3.67. The standard InChI is InChI=1S/C17H21F3N6/c18-17(19,20)15-8-16(22-11-21-15)24-13-3-6-25(7-4-13)10-12-9-23-26-5-1-2-14(12)26/h8-9,11,13H,1-7,10H2,(H,21,22,24). The number of likely N-dealkylation sites (tertiary alicyclic amines) is 1. The zero-order valence-corrected chi connectivity index (χ0v) is 14.3. The van der Waals surface area contributed by atoms with Crippen molar-refractivity contribution in [3.8, 4) is 0 Å². The van der Waals surface area contributed by atoms with Crippen LogP contribution >= 0.6 is 0 Å². The summed E-state index contributed by atoms with van der Waals surface area (Å²) in [6.45, 7) is 3.72. The van der Waals surface area contributed by atoms with E-state index in [9.17, 15) is 13.2 Å². The van der Waals surface area contributed by atoms with Crippen molar-refractivity contribution in [3.05, 3.63) is 35.5 Å². The molecule has 0 amide bonds. The Morgan fingerprint density at radius 3 is 2.73 bits per heavy atom. The maximum Gasteiger partial charge on any atom is 0.433 e. The predicted molar refractivity (Wildman–Crippen MR) is 89.5 cm³/mol. The molecule has 9 heteroatoms. The van der Waals surface area contributed by atoms with Gasteiger partial charge in [-0.25, -0.2) is 9.97 Å². The van der Waals surface area contributed by atoms with Crippen molar-refractivity contribution in [2.75, 3.05) is 18.4 Å². The van der Waals surface area contributed by atoms with Crippen molar-refractivity contribution in [2.45, 2.75) is 51.0 Å². The minimum atomic E-state index is -4.45. The molecule has 4 heterocycles. The average Bonchev–Trinajstić information content (AvgIpc) is 3.21. The number of rotatable bonds is 4. The van der Waals surface area contributed by atoms with Gasteiger partial charge in [-0.2, -0.15) is 18.3 Å². The highest BCUT2D eigenvalue weighted by atomic mass is 19.4. The van der Waals surface area contributed by atoms with Gasteiger partial charge in [0.25, 0.3) is 0 Å². The largest absolute Gasteiger partial charge is 0.433 e. The molecule has 0 aliphatic carbocycles. The molecule has 26 heavy (non-hydrogen) atoms. The molecule has 0 radical (unpaired) electrons. The van der Waals surface area contributed by atoms with Gasteiger partial charge in [-0.05, 0) is 25.7 Å². The van der Waals surface area contributed by atoms with E-state index in [4.69, 9.17) is 0 Å². The van der Waals surface area contributed by atoms with E-state index in [1.807, 2.05) is 6.20 Å². The van der Waals surface area contributed by atoms with E-state index in [2.05, 4.69) is 30.0 Å². The fourth-order valence-corrected chi connectivity index (χ4v) is 3.74. The lowest BCUT2D eigenvalue weighted by molar-refractivity contribution is -0.141. The molecular weight excluding hydrogens is 345 g/mol. The molecule has 0 unspecified atom stereocenters. The van der Waals surface area contributed by atoms with Gasteiger partial charge in [0, 0.05) is 49.5 Å². The van der Waals surface area contributed by atoms with Crippen LogP contribution in [0.3, 0.4) is 0 Å². The highest BCUT2D eigenvalue weighted by Crippen LogP contribution is 2.28. The molecule has 0 aromatic carbocycles. The fourth-order valence-electron chi connectivity index (χ4n) is 3.74. The second-order valence-corrected chi connectivity index (χ2v) is 6.92. The van der Waals surface area contributed by atoms with Gasteiger partial charge in [0.05, 0.1) is 6.20 Å². The number of aryl methyl sites for hydroxylation is 1. The molecule has 0 bridgehead atoms. The van der Waals surface area contributed by atoms with E-state index in [1.54, 1.807) is 0 Å². The Bertz CT molecular complexity index is 764. The SMILES string of the molecule is FC(F)(F)c1cc(NC2CCN(Cc3cnn4c3CCC4)CC2)ncn1. The Hall–Kier alpha value is -2.16. The lowest BCUT2D eigenvalue weighted by atomic mass is 10.0. The average molecular weight is 366 g/mol. The summed E-state index contributed by atoms with van der Waals surface area (Å²) in [7, 11) is 0. The normalized spacial score (nSPS) is 18.9. The molecule has 2 aliphatic heterocycles. The van der Waals surface area contributed by atoms with Crippen LogP contribution in [0.2, 0.25) is 0 Å². The van der Waals surface area contributed by atoms with Gasteiger partial charge in [0.2, 0.25) is 0 Å². The van der Waals surface area contributed by atoms with E-state index in [0.29, 0.717) is 0 Å². The first-order valence-electron chi connectivity index (χ1n) is 8.91. The minimum absolute atomic E-state index is 0.125. The summed E-state index contributed by atoms with van der Waals surface area (Å²) in [6.07, 6.45) is 2.49. The molecule has 1 fully saturated rings. The van der Waals surface area contributed by atoms with Gasteiger partial charge in [0.1, 0.15) is 17.8 Å². The van der Waals surface area contributed by atoms with Crippen molar-refractivity contribution in [2.24, 2.45) is 0 Å². The van der Waals surface area contributed by atoms with Crippen molar-refractivity contribution < 1.29 is 13.2 Å². The minimum Gasteiger partial charge on any atom is -0.367 e. The van der Waals surface area contributed by atoms with Crippen molar-refractivity contribution in [1.82, 2.24) is 24.6 Å². The van der Waals surface area contributed by atoms with E-state index in [-0.39, 0.29) is 11.9 Å². The summed E-state index contributed by atoms with van der Waals surface area (Å²) in [5, 5.41) is 7.55. The number of anilines is 1. The van der Waals surface area contributed by atoms with E-state index in [0.717, 1.165) is 57.8 Å². The van der Waals surface area contributed by atoms with Crippen molar-refractivity contribution in [3.63, 3.8) is 0 Å². The maximum absolute atomic E-state index is 12.7. The first kappa shape index (κ1) is 17.3. The van der Waals surface area contributed by atoms with Gasteiger partial charge in [-0.1, -0.05) is 0 Å². The third-order valence-corrected chi connectivity index (χ3v) is 5.11. The molecule has 0 saturated carbocycles. The van der Waals surface area contributed by atoms with Crippen LogP contribution in [0.15, 0.2) is 18.6 Å². The van der Waals surface area contributed by atoms with Gasteiger partial charge in [-0.3, -0.25) is 9.58 Å². The Balaban J connectivity index is 1.31. The second kappa shape index (κ2) is 6.86. The number of alkyl halides is 3. The zero-order valence-electron chi connectivity index (χ0n) is 14.3. The molecule has 0 atom stereocenters. The molecule has 1 saturated heterocycles. The highest BCUT2D eigenvalue weighted by molar-refractivity contribution is 5.37. The topological polar surface area (TPSA) is 58.9 Å². The van der Waals surface area contributed by atoms with Gasteiger partial charge >= 0.3 is 6.18 Å². The predicted octanol–water partition coefficient (Wildman–Crippen LogP) is 2.71. The van der Waals surface area contributed by atoms with Crippen LogP contribution in [0, 0.1) is 0 Å². The van der Waals surface area contributed by atoms with Crippen LogP contribution in [0.1, 0.15) is 36.2 Å². The van der Waals surface area contributed by atoms with Crippen LogP contribution in [-0.2, 0) is 25.7 Å². The number of nitrogens with one attached hydrogen (secondary N) is 1. The monoisotopic (exact) mass is 366 g/mol. The molecule has 2 aromatic heterocycles. The van der Waals surface area contributed by atoms with Gasteiger partial charge < -0.3 is 5.32 Å². The fraction of sp³-hybridized carbons (Fsp3) is 0.588. The third-order valence-electron chi connectivity index (χ3n) is 5.11. The zero-order chi connectivity index (χ0) is 18.1. The molecule has 1 N–H and O–H groups in total. The van der Waals surface area contributed by atoms with Crippen molar-refractivity contribution >= 4 is 5.82 Å². The number of nitrogens with zero attached hydrogens (tertiary/aromatic N) is 5. The van der Waals surface area contributed by atoms with Crippen molar-refractivity contribution in [1.29, 1.82) is 0 Å². The Morgan fingerprint density at radius 1 is 1.15 bits per heavy atom. The second-order valence-electron chi connectivity index (χ2n) is 6.92. The number of hydrogen-bond donors (Lipinski definition) is 1. The Morgan fingerprint density at radius 2 is 1.96 bits per heavy atom. The molecule has 4 rings (SSSR count). The van der Waals surface area contributed by atoms with E-state index in [1.165, 1.54) is 17.7 Å². The number of hydrogen-bond acceptors (Lipinski definition) is 5. The number of piperidine rings is 1. The molecule has 140 valence electrons. The summed E-state index contributed by atoms with van der Waals surface area (Å²) in [5.41, 5.74) is 1.74. The molecular formula is C17H21F3N6. The van der Waals surface area contributed by atoms with Crippen LogP contribution in [0.25, 0.3) is 0 Å². The number of fused-ring (bicyclic) bond motifs is 1. The van der Waals surface area contributed by atoms with Gasteiger partial charge in [0.15, 0.2) is 0 Å².